The van der Waals surface area contributed by atoms with Crippen LogP contribution in [0.4, 0.5) is 5.69 Å². The Morgan fingerprint density at radius 1 is 1.36 bits per heavy atom. The third kappa shape index (κ3) is 3.78. The Morgan fingerprint density at radius 3 is 2.77 bits per heavy atom. The molecule has 120 valence electrons. The first-order valence-corrected chi connectivity index (χ1v) is 7.88. The number of nitrogens with zero attached hydrogens (tertiary/aromatic N) is 1. The van der Waals surface area contributed by atoms with Gasteiger partial charge in [0.25, 0.3) is 0 Å². The molecule has 0 radical (unpaired) electrons. The molecule has 5 heteroatoms. The van der Waals surface area contributed by atoms with Gasteiger partial charge in [0, 0.05) is 12.2 Å². The summed E-state index contributed by atoms with van der Waals surface area (Å²) in [4.78, 5) is 25.6. The van der Waals surface area contributed by atoms with E-state index in [0.29, 0.717) is 6.42 Å². The minimum atomic E-state index is -0.971. The smallest absolute Gasteiger partial charge is 0.326 e. The number of carbonyl (C=O) groups is 2. The lowest BCUT2D eigenvalue weighted by Crippen LogP contribution is -2.49. The van der Waals surface area contributed by atoms with Crippen LogP contribution in [0, 0.1) is 5.92 Å². The Morgan fingerprint density at radius 2 is 2.09 bits per heavy atom. The summed E-state index contributed by atoms with van der Waals surface area (Å²) in [7, 11) is 0. The summed E-state index contributed by atoms with van der Waals surface area (Å²) in [5, 5.41) is 11.9. The number of carboxylic acids is 1. The molecule has 1 aliphatic rings. The van der Waals surface area contributed by atoms with Gasteiger partial charge in [-0.2, -0.15) is 0 Å². The molecule has 0 aliphatic carbocycles. The van der Waals surface area contributed by atoms with E-state index in [-0.39, 0.29) is 18.4 Å². The molecule has 0 saturated heterocycles. The first-order valence-electron chi connectivity index (χ1n) is 7.88. The van der Waals surface area contributed by atoms with Crippen molar-refractivity contribution in [2.75, 3.05) is 18.0 Å². The second-order valence-electron chi connectivity index (χ2n) is 5.92. The summed E-state index contributed by atoms with van der Waals surface area (Å²) in [6.45, 7) is 4.80. The van der Waals surface area contributed by atoms with Crippen LogP contribution in [0.15, 0.2) is 24.3 Å². The van der Waals surface area contributed by atoms with Gasteiger partial charge in [0.2, 0.25) is 5.91 Å². The number of aliphatic carboxylic acids is 1. The molecule has 0 saturated carbocycles. The molecule has 5 nitrogen and oxygen atoms in total. The van der Waals surface area contributed by atoms with Crippen LogP contribution in [0.2, 0.25) is 0 Å². The Labute approximate surface area is 131 Å². The summed E-state index contributed by atoms with van der Waals surface area (Å²) in [6.07, 6.45) is 2.75. The average Bonchev–Trinajstić information content (AvgIpc) is 2.52. The molecule has 2 N–H and O–H groups in total. The second kappa shape index (κ2) is 7.29. The van der Waals surface area contributed by atoms with Crippen LogP contribution >= 0.6 is 0 Å². The van der Waals surface area contributed by atoms with Crippen LogP contribution < -0.4 is 10.2 Å². The van der Waals surface area contributed by atoms with Crippen LogP contribution in [0.25, 0.3) is 0 Å². The van der Waals surface area contributed by atoms with Gasteiger partial charge in [0.05, 0.1) is 6.54 Å². The van der Waals surface area contributed by atoms with Gasteiger partial charge in [0.1, 0.15) is 6.04 Å². The van der Waals surface area contributed by atoms with E-state index in [1.165, 1.54) is 5.56 Å². The number of rotatable bonds is 6. The van der Waals surface area contributed by atoms with Gasteiger partial charge in [-0.15, -0.1) is 0 Å². The lowest BCUT2D eigenvalue weighted by molar-refractivity contribution is -0.143. The van der Waals surface area contributed by atoms with Gasteiger partial charge in [-0.3, -0.25) is 4.79 Å². The normalized spacial score (nSPS) is 16.5. The zero-order chi connectivity index (χ0) is 16.1. The zero-order valence-electron chi connectivity index (χ0n) is 13.2. The Hall–Kier alpha value is -2.04. The SMILES string of the molecule is CCC(C)C(NC(=O)CN1CCCc2ccccc21)C(=O)O. The van der Waals surface area contributed by atoms with Crippen molar-refractivity contribution in [2.45, 2.75) is 39.2 Å². The molecule has 2 rings (SSSR count). The zero-order valence-corrected chi connectivity index (χ0v) is 13.2. The van der Waals surface area contributed by atoms with E-state index in [1.54, 1.807) is 0 Å². The van der Waals surface area contributed by atoms with Crippen LogP contribution in [-0.4, -0.2) is 36.1 Å². The van der Waals surface area contributed by atoms with Crippen LogP contribution in [0.5, 0.6) is 0 Å². The number of carboxylic acid groups (broad SMARTS) is 1. The van der Waals surface area contributed by atoms with Gasteiger partial charge in [0.15, 0.2) is 0 Å². The summed E-state index contributed by atoms with van der Waals surface area (Å²) in [6, 6.07) is 7.25. The quantitative estimate of drug-likeness (QED) is 0.844. The molecule has 2 atom stereocenters. The molecular formula is C17H24N2O3. The van der Waals surface area contributed by atoms with Crippen molar-refractivity contribution in [1.82, 2.24) is 5.32 Å². The molecule has 0 fully saturated rings. The number of nitrogens with one attached hydrogen (secondary N) is 1. The van der Waals surface area contributed by atoms with Crippen molar-refractivity contribution >= 4 is 17.6 Å². The lowest BCUT2D eigenvalue weighted by atomic mass is 9.99. The molecule has 1 amide bonds. The monoisotopic (exact) mass is 304 g/mol. The molecule has 1 aromatic carbocycles. The first kappa shape index (κ1) is 16.3. The summed E-state index contributed by atoms with van der Waals surface area (Å²) < 4.78 is 0. The van der Waals surface area contributed by atoms with E-state index >= 15 is 0 Å². The number of benzene rings is 1. The number of para-hydroxylation sites is 1. The largest absolute Gasteiger partial charge is 0.480 e. The van der Waals surface area contributed by atoms with Crippen LogP contribution in [-0.2, 0) is 16.0 Å². The molecular weight excluding hydrogens is 280 g/mol. The fraction of sp³-hybridized carbons (Fsp3) is 0.529. The lowest BCUT2D eigenvalue weighted by Gasteiger charge is -2.31. The highest BCUT2D eigenvalue weighted by Crippen LogP contribution is 2.26. The predicted octanol–water partition coefficient (Wildman–Crippen LogP) is 2.05. The highest BCUT2D eigenvalue weighted by Gasteiger charge is 2.26. The topological polar surface area (TPSA) is 69.6 Å². The van der Waals surface area contributed by atoms with E-state index in [2.05, 4.69) is 11.4 Å². The van der Waals surface area contributed by atoms with Crippen LogP contribution in [0.3, 0.4) is 0 Å². The third-order valence-electron chi connectivity index (χ3n) is 4.34. The molecule has 2 unspecified atom stereocenters. The van der Waals surface area contributed by atoms with Gasteiger partial charge >= 0.3 is 5.97 Å². The predicted molar refractivity (Wildman–Crippen MR) is 86.0 cm³/mol. The molecule has 1 heterocycles. The Bertz CT molecular complexity index is 544. The van der Waals surface area contributed by atoms with Gasteiger partial charge < -0.3 is 15.3 Å². The molecule has 1 aromatic rings. The van der Waals surface area contributed by atoms with Crippen molar-refractivity contribution in [3.63, 3.8) is 0 Å². The number of hydrogen-bond donors (Lipinski definition) is 2. The second-order valence-corrected chi connectivity index (χ2v) is 5.92. The third-order valence-corrected chi connectivity index (χ3v) is 4.34. The minimum Gasteiger partial charge on any atom is -0.480 e. The summed E-state index contributed by atoms with van der Waals surface area (Å²) in [5.41, 5.74) is 2.33. The number of fused-ring (bicyclic) bond motifs is 1. The van der Waals surface area contributed by atoms with Crippen molar-refractivity contribution in [2.24, 2.45) is 5.92 Å². The summed E-state index contributed by atoms with van der Waals surface area (Å²) >= 11 is 0. The number of anilines is 1. The molecule has 0 spiro atoms. The Balaban J connectivity index is 2.02. The number of hydrogen-bond acceptors (Lipinski definition) is 3. The maximum Gasteiger partial charge on any atom is 0.326 e. The van der Waals surface area contributed by atoms with E-state index in [1.807, 2.05) is 36.9 Å². The van der Waals surface area contributed by atoms with E-state index in [9.17, 15) is 14.7 Å². The molecule has 0 bridgehead atoms. The van der Waals surface area contributed by atoms with Crippen molar-refractivity contribution in [1.29, 1.82) is 0 Å². The number of amides is 1. The fourth-order valence-electron chi connectivity index (χ4n) is 2.85. The summed E-state index contributed by atoms with van der Waals surface area (Å²) in [5.74, 6) is -1.29. The Kier molecular flexibility index (Phi) is 5.41. The van der Waals surface area contributed by atoms with Crippen molar-refractivity contribution in [3.8, 4) is 0 Å². The van der Waals surface area contributed by atoms with Gasteiger partial charge in [-0.05, 0) is 30.4 Å². The number of aryl methyl sites for hydroxylation is 1. The van der Waals surface area contributed by atoms with Gasteiger partial charge in [-0.1, -0.05) is 38.5 Å². The minimum absolute atomic E-state index is 0.0879. The van der Waals surface area contributed by atoms with Gasteiger partial charge in [-0.25, -0.2) is 4.79 Å². The van der Waals surface area contributed by atoms with E-state index in [4.69, 9.17) is 0 Å². The molecule has 1 aliphatic heterocycles. The molecule has 0 aromatic heterocycles. The molecule has 22 heavy (non-hydrogen) atoms. The average molecular weight is 304 g/mol. The fourth-order valence-corrected chi connectivity index (χ4v) is 2.85. The first-order chi connectivity index (χ1) is 10.5. The van der Waals surface area contributed by atoms with E-state index in [0.717, 1.165) is 25.1 Å². The number of carbonyl (C=O) groups excluding carboxylic acids is 1. The highest BCUT2D eigenvalue weighted by atomic mass is 16.4. The van der Waals surface area contributed by atoms with E-state index < -0.39 is 12.0 Å². The maximum absolute atomic E-state index is 12.2. The highest BCUT2D eigenvalue weighted by molar-refractivity contribution is 5.87. The van der Waals surface area contributed by atoms with Crippen molar-refractivity contribution in [3.05, 3.63) is 29.8 Å². The standard InChI is InChI=1S/C17H24N2O3/c1-3-12(2)16(17(21)22)18-15(20)11-19-10-6-8-13-7-4-5-9-14(13)19/h4-5,7,9,12,16H,3,6,8,10-11H2,1-2H3,(H,18,20)(H,21,22). The van der Waals surface area contributed by atoms with Crippen LogP contribution in [0.1, 0.15) is 32.3 Å². The maximum atomic E-state index is 12.2. The van der Waals surface area contributed by atoms with Crippen molar-refractivity contribution < 1.29 is 14.7 Å².